The molecule has 0 atom stereocenters. The van der Waals surface area contributed by atoms with Crippen LogP contribution in [-0.4, -0.2) is 9.97 Å². The summed E-state index contributed by atoms with van der Waals surface area (Å²) in [5, 5.41) is 5.75. The van der Waals surface area contributed by atoms with Crippen molar-refractivity contribution in [3.63, 3.8) is 0 Å². The van der Waals surface area contributed by atoms with Gasteiger partial charge in [-0.3, -0.25) is 9.97 Å². The molecule has 3 aromatic rings. The van der Waals surface area contributed by atoms with Crippen molar-refractivity contribution in [1.82, 2.24) is 9.97 Å². The monoisotopic (exact) mass is 313 g/mol. The van der Waals surface area contributed by atoms with Gasteiger partial charge in [0.2, 0.25) is 0 Å². The van der Waals surface area contributed by atoms with Gasteiger partial charge in [-0.15, -0.1) is 0 Å². The molecule has 0 saturated heterocycles. The van der Waals surface area contributed by atoms with Gasteiger partial charge in [0.25, 0.3) is 0 Å². The predicted octanol–water partition coefficient (Wildman–Crippen LogP) is 4.00. The molecule has 0 bridgehead atoms. The van der Waals surface area contributed by atoms with Crippen LogP contribution < -0.4 is 5.32 Å². The van der Waals surface area contributed by atoms with Crippen LogP contribution in [0.1, 0.15) is 5.56 Å². The molecule has 0 fully saturated rings. The number of anilines is 1. The molecular formula is C15H12BrN3. The molecule has 0 spiro atoms. The van der Waals surface area contributed by atoms with E-state index in [2.05, 4.69) is 49.4 Å². The SMILES string of the molecule is Brc1cncc(CNc2cccc3ccncc23)c1. The normalized spacial score (nSPS) is 10.6. The summed E-state index contributed by atoms with van der Waals surface area (Å²) in [7, 11) is 0. The zero-order chi connectivity index (χ0) is 13.1. The van der Waals surface area contributed by atoms with Crippen molar-refractivity contribution in [3.05, 3.63) is 65.2 Å². The Hall–Kier alpha value is -1.94. The average Bonchev–Trinajstić information content (AvgIpc) is 2.45. The van der Waals surface area contributed by atoms with Crippen molar-refractivity contribution in [3.8, 4) is 0 Å². The lowest BCUT2D eigenvalue weighted by Gasteiger charge is -2.09. The van der Waals surface area contributed by atoms with E-state index in [1.165, 1.54) is 5.39 Å². The lowest BCUT2D eigenvalue weighted by molar-refractivity contribution is 1.11. The summed E-state index contributed by atoms with van der Waals surface area (Å²) in [6.07, 6.45) is 7.34. The van der Waals surface area contributed by atoms with Gasteiger partial charge in [-0.1, -0.05) is 12.1 Å². The highest BCUT2D eigenvalue weighted by molar-refractivity contribution is 9.10. The molecule has 0 saturated carbocycles. The molecule has 4 heteroatoms. The largest absolute Gasteiger partial charge is 0.380 e. The van der Waals surface area contributed by atoms with Crippen molar-refractivity contribution in [2.24, 2.45) is 0 Å². The van der Waals surface area contributed by atoms with E-state index in [1.54, 1.807) is 6.20 Å². The molecule has 1 N–H and O–H groups in total. The maximum atomic E-state index is 4.18. The van der Waals surface area contributed by atoms with Crippen LogP contribution in [0.2, 0.25) is 0 Å². The van der Waals surface area contributed by atoms with Crippen molar-refractivity contribution in [2.45, 2.75) is 6.54 Å². The van der Waals surface area contributed by atoms with Crippen LogP contribution in [0.4, 0.5) is 5.69 Å². The third-order valence-electron chi connectivity index (χ3n) is 2.93. The Kier molecular flexibility index (Phi) is 3.42. The summed E-state index contributed by atoms with van der Waals surface area (Å²) in [5.74, 6) is 0. The maximum absolute atomic E-state index is 4.18. The molecular weight excluding hydrogens is 302 g/mol. The number of fused-ring (bicyclic) bond motifs is 1. The van der Waals surface area contributed by atoms with Gasteiger partial charge in [0.15, 0.2) is 0 Å². The first kappa shape index (κ1) is 12.1. The number of pyridine rings is 2. The van der Waals surface area contributed by atoms with Gasteiger partial charge < -0.3 is 5.32 Å². The van der Waals surface area contributed by atoms with Gasteiger partial charge in [-0.2, -0.15) is 0 Å². The number of nitrogens with zero attached hydrogens (tertiary/aromatic N) is 2. The molecule has 0 amide bonds. The smallest absolute Gasteiger partial charge is 0.0438 e. The van der Waals surface area contributed by atoms with E-state index in [0.29, 0.717) is 0 Å². The van der Waals surface area contributed by atoms with Crippen molar-refractivity contribution in [1.29, 1.82) is 0 Å². The third-order valence-corrected chi connectivity index (χ3v) is 3.36. The Morgan fingerprint density at radius 3 is 2.89 bits per heavy atom. The van der Waals surface area contributed by atoms with Gasteiger partial charge >= 0.3 is 0 Å². The summed E-state index contributed by atoms with van der Waals surface area (Å²) in [6.45, 7) is 0.737. The Morgan fingerprint density at radius 1 is 1.05 bits per heavy atom. The van der Waals surface area contributed by atoms with E-state index in [1.807, 2.05) is 30.7 Å². The number of nitrogens with one attached hydrogen (secondary N) is 1. The van der Waals surface area contributed by atoms with Gasteiger partial charge in [-0.05, 0) is 45.1 Å². The lowest BCUT2D eigenvalue weighted by Crippen LogP contribution is -2.00. The molecule has 1 aromatic carbocycles. The highest BCUT2D eigenvalue weighted by Crippen LogP contribution is 2.22. The molecule has 0 aliphatic carbocycles. The van der Waals surface area contributed by atoms with E-state index in [4.69, 9.17) is 0 Å². The molecule has 3 nitrogen and oxygen atoms in total. The van der Waals surface area contributed by atoms with E-state index in [-0.39, 0.29) is 0 Å². The summed E-state index contributed by atoms with van der Waals surface area (Å²) in [4.78, 5) is 8.34. The second kappa shape index (κ2) is 5.36. The van der Waals surface area contributed by atoms with Crippen LogP contribution >= 0.6 is 15.9 Å². The predicted molar refractivity (Wildman–Crippen MR) is 81.0 cm³/mol. The summed E-state index contributed by atoms with van der Waals surface area (Å²) in [5.41, 5.74) is 2.22. The number of hydrogen-bond acceptors (Lipinski definition) is 3. The van der Waals surface area contributed by atoms with Gasteiger partial charge in [-0.25, -0.2) is 0 Å². The van der Waals surface area contributed by atoms with Crippen molar-refractivity contribution >= 4 is 32.4 Å². The second-order valence-corrected chi connectivity index (χ2v) is 5.18. The van der Waals surface area contributed by atoms with E-state index < -0.39 is 0 Å². The molecule has 0 unspecified atom stereocenters. The first-order chi connectivity index (χ1) is 9.33. The average molecular weight is 314 g/mol. The standard InChI is InChI=1S/C15H12BrN3/c16-13-6-11(7-18-9-13)8-19-15-3-1-2-12-4-5-17-10-14(12)15/h1-7,9-10,19H,8H2. The van der Waals surface area contributed by atoms with Crippen LogP contribution in [0.15, 0.2) is 59.6 Å². The van der Waals surface area contributed by atoms with E-state index in [9.17, 15) is 0 Å². The van der Waals surface area contributed by atoms with Crippen LogP contribution in [0.3, 0.4) is 0 Å². The van der Waals surface area contributed by atoms with Crippen LogP contribution in [0.5, 0.6) is 0 Å². The molecule has 2 heterocycles. The topological polar surface area (TPSA) is 37.8 Å². The van der Waals surface area contributed by atoms with Gasteiger partial charge in [0.05, 0.1) is 0 Å². The molecule has 19 heavy (non-hydrogen) atoms. The first-order valence-corrected chi connectivity index (χ1v) is 6.78. The second-order valence-electron chi connectivity index (χ2n) is 4.27. The third kappa shape index (κ3) is 2.74. The summed E-state index contributed by atoms with van der Waals surface area (Å²) in [6, 6.07) is 10.3. The van der Waals surface area contributed by atoms with E-state index in [0.717, 1.165) is 27.7 Å². The molecule has 0 aliphatic heterocycles. The lowest BCUT2D eigenvalue weighted by atomic mass is 10.1. The van der Waals surface area contributed by atoms with Crippen molar-refractivity contribution in [2.75, 3.05) is 5.32 Å². The molecule has 0 aliphatic rings. The molecule has 3 rings (SSSR count). The first-order valence-electron chi connectivity index (χ1n) is 5.99. The molecule has 94 valence electrons. The van der Waals surface area contributed by atoms with Crippen LogP contribution in [-0.2, 0) is 6.54 Å². The maximum Gasteiger partial charge on any atom is 0.0438 e. The molecule has 2 aromatic heterocycles. The summed E-state index contributed by atoms with van der Waals surface area (Å²) < 4.78 is 0.992. The number of benzene rings is 1. The highest BCUT2D eigenvalue weighted by atomic mass is 79.9. The number of halogens is 1. The minimum atomic E-state index is 0.737. The zero-order valence-electron chi connectivity index (χ0n) is 10.2. The Balaban J connectivity index is 1.86. The Morgan fingerprint density at radius 2 is 2.00 bits per heavy atom. The summed E-state index contributed by atoms with van der Waals surface area (Å²) >= 11 is 3.43. The number of rotatable bonds is 3. The minimum absolute atomic E-state index is 0.737. The number of hydrogen-bond donors (Lipinski definition) is 1. The fourth-order valence-corrected chi connectivity index (χ4v) is 2.43. The van der Waals surface area contributed by atoms with Crippen molar-refractivity contribution < 1.29 is 0 Å². The Labute approximate surface area is 119 Å². The fraction of sp³-hybridized carbons (Fsp3) is 0.0667. The quantitative estimate of drug-likeness (QED) is 0.794. The van der Waals surface area contributed by atoms with Crippen LogP contribution in [0.25, 0.3) is 10.8 Å². The highest BCUT2D eigenvalue weighted by Gasteiger charge is 2.01. The number of aromatic nitrogens is 2. The van der Waals surface area contributed by atoms with E-state index >= 15 is 0 Å². The van der Waals surface area contributed by atoms with Gasteiger partial charge in [0.1, 0.15) is 0 Å². The van der Waals surface area contributed by atoms with Gasteiger partial charge in [0, 0.05) is 46.9 Å². The molecule has 0 radical (unpaired) electrons. The Bertz CT molecular complexity index is 707. The fourth-order valence-electron chi connectivity index (χ4n) is 2.02. The minimum Gasteiger partial charge on any atom is -0.380 e. The zero-order valence-corrected chi connectivity index (χ0v) is 11.8. The van der Waals surface area contributed by atoms with Crippen LogP contribution in [0, 0.1) is 0 Å².